The van der Waals surface area contributed by atoms with Crippen molar-refractivity contribution in [1.29, 1.82) is 0 Å². The molecule has 222 valence electrons. The normalized spacial score (nSPS) is 19.8. The molecule has 7 nitrogen and oxygen atoms in total. The summed E-state index contributed by atoms with van der Waals surface area (Å²) in [4.78, 5) is 32.6. The van der Waals surface area contributed by atoms with Crippen molar-refractivity contribution >= 4 is 17.7 Å². The molecule has 3 rings (SSSR count). The number of hydrogen-bond acceptors (Lipinski definition) is 5. The molecule has 0 spiro atoms. The number of Topliss-reactive ketones (excluding diaryl/α,β-unsaturated/α-hetero) is 1. The number of fused-ring (bicyclic) bond motifs is 1. The molecule has 4 N–H and O–H groups in total. The van der Waals surface area contributed by atoms with Crippen LogP contribution in [0.25, 0.3) is 0 Å². The van der Waals surface area contributed by atoms with Gasteiger partial charge < -0.3 is 20.8 Å². The van der Waals surface area contributed by atoms with E-state index in [2.05, 4.69) is 24.0 Å². The Hall–Kier alpha value is -2.67. The van der Waals surface area contributed by atoms with E-state index in [0.717, 1.165) is 43.8 Å². The Kier molecular flexibility index (Phi) is 13.9. The first-order valence-electron chi connectivity index (χ1n) is 12.8. The highest BCUT2D eigenvalue weighted by molar-refractivity contribution is 5.96. The fraction of sp³-hybridized carbons (Fsp3) is 0.654. The molecule has 0 unspecified atom stereocenters. The van der Waals surface area contributed by atoms with Crippen molar-refractivity contribution in [3.8, 4) is 0 Å². The predicted octanol–water partition coefficient (Wildman–Crippen LogP) is 5.24. The summed E-state index contributed by atoms with van der Waals surface area (Å²) in [7, 11) is 0. The summed E-state index contributed by atoms with van der Waals surface area (Å²) in [6.45, 7) is 5.57. The molecule has 0 aromatic heterocycles. The number of nitrogens with zero attached hydrogens (tertiary/aromatic N) is 1. The molecule has 1 aliphatic heterocycles. The smallest absolute Gasteiger partial charge is 0.475 e. The summed E-state index contributed by atoms with van der Waals surface area (Å²) in [5.41, 5.74) is 9.77. The van der Waals surface area contributed by atoms with Crippen molar-refractivity contribution in [1.82, 2.24) is 4.90 Å². The van der Waals surface area contributed by atoms with Crippen molar-refractivity contribution in [2.75, 3.05) is 19.6 Å². The van der Waals surface area contributed by atoms with E-state index in [1.165, 1.54) is 49.8 Å². The van der Waals surface area contributed by atoms with Crippen LogP contribution in [-0.2, 0) is 22.4 Å². The Balaban J connectivity index is 0.000000449. The highest BCUT2D eigenvalue weighted by Gasteiger charge is 2.38. The van der Waals surface area contributed by atoms with Crippen LogP contribution in [0, 0.1) is 5.92 Å². The monoisotopic (exact) mass is 570 g/mol. The van der Waals surface area contributed by atoms with E-state index in [-0.39, 0.29) is 0 Å². The lowest BCUT2D eigenvalue weighted by Gasteiger charge is -2.28. The number of aliphatic carboxylic acids is 2. The minimum absolute atomic E-state index is 0.293. The van der Waals surface area contributed by atoms with E-state index in [4.69, 9.17) is 25.5 Å². The number of carboxylic acid groups (broad SMARTS) is 2. The molecular formula is C26H36F6N2O5. The highest BCUT2D eigenvalue weighted by atomic mass is 19.4. The van der Waals surface area contributed by atoms with Gasteiger partial charge in [-0.1, -0.05) is 19.1 Å². The lowest BCUT2D eigenvalue weighted by atomic mass is 9.84. The number of halogens is 6. The van der Waals surface area contributed by atoms with Gasteiger partial charge in [-0.2, -0.15) is 26.3 Å². The van der Waals surface area contributed by atoms with E-state index in [0.29, 0.717) is 18.2 Å². The van der Waals surface area contributed by atoms with Crippen molar-refractivity contribution in [3.05, 3.63) is 34.9 Å². The Morgan fingerprint density at radius 1 is 0.897 bits per heavy atom. The molecule has 0 radical (unpaired) electrons. The minimum Gasteiger partial charge on any atom is -0.475 e. The molecule has 1 saturated carbocycles. The molecule has 2 aliphatic rings. The molecule has 13 heteroatoms. The van der Waals surface area contributed by atoms with Crippen LogP contribution in [0.2, 0.25) is 0 Å². The van der Waals surface area contributed by atoms with E-state index in [1.807, 2.05) is 6.07 Å². The molecule has 0 amide bonds. The fourth-order valence-electron chi connectivity index (χ4n) is 4.38. The van der Waals surface area contributed by atoms with Gasteiger partial charge in [0.15, 0.2) is 5.78 Å². The number of carbonyl (C=O) groups is 3. The van der Waals surface area contributed by atoms with E-state index >= 15 is 0 Å². The Morgan fingerprint density at radius 3 is 1.85 bits per heavy atom. The summed E-state index contributed by atoms with van der Waals surface area (Å²) in [6, 6.07) is 6.86. The summed E-state index contributed by atoms with van der Waals surface area (Å²) < 4.78 is 63.5. The quantitative estimate of drug-likeness (QED) is 0.316. The van der Waals surface area contributed by atoms with Gasteiger partial charge in [-0.25, -0.2) is 9.59 Å². The first-order chi connectivity index (χ1) is 18.0. The van der Waals surface area contributed by atoms with Crippen LogP contribution in [0.4, 0.5) is 26.3 Å². The maximum absolute atomic E-state index is 12.2. The number of hydrogen-bond donors (Lipinski definition) is 3. The highest BCUT2D eigenvalue weighted by Crippen LogP contribution is 2.27. The Labute approximate surface area is 223 Å². The van der Waals surface area contributed by atoms with Gasteiger partial charge in [0, 0.05) is 31.1 Å². The second-order valence-corrected chi connectivity index (χ2v) is 9.67. The van der Waals surface area contributed by atoms with Gasteiger partial charge in [-0.3, -0.25) is 4.79 Å². The van der Waals surface area contributed by atoms with Crippen LogP contribution in [0.15, 0.2) is 18.2 Å². The standard InChI is InChI=1S/C22H34N2O.2C2HF3O2/c1-2-3-22(25)20-7-6-18-11-14-24(15-12-19(18)16-20)13-10-17-4-8-21(23)9-5-17;2*3-2(4,5)1(6)7/h6-7,16-17,21H,2-5,8-15,23H2,1H3;2*(H,6,7). The van der Waals surface area contributed by atoms with E-state index in [1.54, 1.807) is 0 Å². The lowest BCUT2D eigenvalue weighted by molar-refractivity contribution is -0.193. The molecule has 0 saturated heterocycles. The second kappa shape index (κ2) is 15.8. The third-order valence-corrected chi connectivity index (χ3v) is 6.63. The van der Waals surface area contributed by atoms with Crippen LogP contribution < -0.4 is 5.73 Å². The van der Waals surface area contributed by atoms with Crippen LogP contribution in [0.3, 0.4) is 0 Å². The number of benzene rings is 1. The van der Waals surface area contributed by atoms with Crippen molar-refractivity contribution in [2.45, 2.75) is 83.1 Å². The first-order valence-corrected chi connectivity index (χ1v) is 12.8. The zero-order valence-electron chi connectivity index (χ0n) is 21.8. The van der Waals surface area contributed by atoms with Crippen LogP contribution >= 0.6 is 0 Å². The minimum atomic E-state index is -5.08. The van der Waals surface area contributed by atoms with Gasteiger partial charge in [0.05, 0.1) is 0 Å². The van der Waals surface area contributed by atoms with Crippen LogP contribution in [0.5, 0.6) is 0 Å². The molecule has 1 aromatic carbocycles. The Bertz CT molecular complexity index is 920. The predicted molar refractivity (Wildman–Crippen MR) is 131 cm³/mol. The van der Waals surface area contributed by atoms with Gasteiger partial charge >= 0.3 is 24.3 Å². The third kappa shape index (κ3) is 13.3. The fourth-order valence-corrected chi connectivity index (χ4v) is 4.38. The van der Waals surface area contributed by atoms with Crippen molar-refractivity contribution < 1.29 is 50.9 Å². The molecule has 1 heterocycles. The molecule has 1 aromatic rings. The van der Waals surface area contributed by atoms with Gasteiger partial charge in [0.2, 0.25) is 0 Å². The maximum atomic E-state index is 12.2. The Morgan fingerprint density at radius 2 is 1.38 bits per heavy atom. The second-order valence-electron chi connectivity index (χ2n) is 9.67. The lowest BCUT2D eigenvalue weighted by Crippen LogP contribution is -2.31. The molecule has 1 aliphatic carbocycles. The molecule has 0 atom stereocenters. The summed E-state index contributed by atoms with van der Waals surface area (Å²) in [6.07, 6.45) is 0.00583. The number of alkyl halides is 6. The average Bonchev–Trinajstić information content (AvgIpc) is 3.05. The first kappa shape index (κ1) is 34.4. The zero-order valence-corrected chi connectivity index (χ0v) is 21.8. The van der Waals surface area contributed by atoms with Gasteiger partial charge in [-0.05, 0) is 81.0 Å². The SMILES string of the molecule is CCCC(=O)c1ccc2c(c1)CCN(CCC1CCC(N)CC1)CC2.O=C(O)C(F)(F)F.O=C(O)C(F)(F)F. The molecule has 1 fully saturated rings. The largest absolute Gasteiger partial charge is 0.490 e. The van der Waals surface area contributed by atoms with Gasteiger partial charge in [-0.15, -0.1) is 0 Å². The number of carboxylic acids is 2. The van der Waals surface area contributed by atoms with Crippen LogP contribution in [0.1, 0.15) is 73.4 Å². The number of carbonyl (C=O) groups excluding carboxylic acids is 1. The molecule has 39 heavy (non-hydrogen) atoms. The number of nitrogens with two attached hydrogens (primary N) is 1. The van der Waals surface area contributed by atoms with Crippen molar-refractivity contribution in [2.24, 2.45) is 11.7 Å². The third-order valence-electron chi connectivity index (χ3n) is 6.63. The summed E-state index contributed by atoms with van der Waals surface area (Å²) >= 11 is 0. The summed E-state index contributed by atoms with van der Waals surface area (Å²) in [5.74, 6) is -4.34. The molecular weight excluding hydrogens is 534 g/mol. The number of rotatable bonds is 6. The van der Waals surface area contributed by atoms with Gasteiger partial charge in [0.25, 0.3) is 0 Å². The molecule has 0 bridgehead atoms. The maximum Gasteiger partial charge on any atom is 0.490 e. The van der Waals surface area contributed by atoms with Crippen molar-refractivity contribution in [3.63, 3.8) is 0 Å². The number of ketones is 1. The van der Waals surface area contributed by atoms with E-state index < -0.39 is 24.3 Å². The van der Waals surface area contributed by atoms with Gasteiger partial charge in [0.1, 0.15) is 0 Å². The topological polar surface area (TPSA) is 121 Å². The van der Waals surface area contributed by atoms with E-state index in [9.17, 15) is 31.1 Å². The van der Waals surface area contributed by atoms with Crippen LogP contribution in [-0.4, -0.2) is 70.9 Å². The average molecular weight is 571 g/mol. The zero-order chi connectivity index (χ0) is 29.8. The summed E-state index contributed by atoms with van der Waals surface area (Å²) in [5, 5.41) is 14.2.